The number of halogens is 1. The van der Waals surface area contributed by atoms with Crippen LogP contribution < -0.4 is 10.1 Å². The van der Waals surface area contributed by atoms with E-state index < -0.39 is 0 Å². The van der Waals surface area contributed by atoms with E-state index in [0.29, 0.717) is 16.6 Å². The lowest BCUT2D eigenvalue weighted by atomic mass is 10.1. The molecule has 0 spiro atoms. The molecule has 0 saturated heterocycles. The van der Waals surface area contributed by atoms with Gasteiger partial charge in [0.1, 0.15) is 5.75 Å². The first-order valence-electron chi connectivity index (χ1n) is 7.04. The molecule has 0 saturated carbocycles. The van der Waals surface area contributed by atoms with Crippen LogP contribution in [-0.4, -0.2) is 41.2 Å². The molecule has 0 bridgehead atoms. The molecule has 1 aromatic carbocycles. The van der Waals surface area contributed by atoms with Gasteiger partial charge in [0.05, 0.1) is 5.69 Å². The Bertz CT molecular complexity index is 669. The molecule has 6 nitrogen and oxygen atoms in total. The van der Waals surface area contributed by atoms with Crippen LogP contribution in [0.25, 0.3) is 0 Å². The number of fused-ring (bicyclic) bond motifs is 1. The lowest BCUT2D eigenvalue weighted by Gasteiger charge is -2.21. The highest BCUT2D eigenvalue weighted by Gasteiger charge is 2.20. The standard InChI is InChI=1S/C15H17ClN4O2/c1-20-7-6-12-13(8-20)18-19-15(12)17-14(21)9-22-11-4-2-10(16)3-5-11/h2-5H,6-9H2,1H3,(H2,17,18,19,21). The second kappa shape index (κ2) is 6.37. The van der Waals surface area contributed by atoms with Gasteiger partial charge in [0.25, 0.3) is 5.91 Å². The molecule has 22 heavy (non-hydrogen) atoms. The summed E-state index contributed by atoms with van der Waals surface area (Å²) < 4.78 is 5.42. The first-order valence-corrected chi connectivity index (χ1v) is 7.42. The summed E-state index contributed by atoms with van der Waals surface area (Å²) in [4.78, 5) is 14.2. The smallest absolute Gasteiger partial charge is 0.263 e. The Morgan fingerprint density at radius 2 is 2.23 bits per heavy atom. The number of rotatable bonds is 4. The van der Waals surface area contributed by atoms with Crippen LogP contribution in [0.2, 0.25) is 5.02 Å². The monoisotopic (exact) mass is 320 g/mol. The van der Waals surface area contributed by atoms with Crippen molar-refractivity contribution in [2.45, 2.75) is 13.0 Å². The van der Waals surface area contributed by atoms with Gasteiger partial charge < -0.3 is 15.0 Å². The molecular weight excluding hydrogens is 304 g/mol. The van der Waals surface area contributed by atoms with Crippen LogP contribution >= 0.6 is 11.6 Å². The molecule has 0 unspecified atom stereocenters. The summed E-state index contributed by atoms with van der Waals surface area (Å²) in [5, 5.41) is 10.6. The third-order valence-electron chi connectivity index (χ3n) is 3.57. The molecule has 0 fully saturated rings. The molecule has 1 aliphatic rings. The highest BCUT2D eigenvalue weighted by atomic mass is 35.5. The van der Waals surface area contributed by atoms with Crippen LogP contribution in [0.4, 0.5) is 5.82 Å². The lowest BCUT2D eigenvalue weighted by Crippen LogP contribution is -2.27. The molecule has 2 N–H and O–H groups in total. The van der Waals surface area contributed by atoms with Crippen molar-refractivity contribution in [2.24, 2.45) is 0 Å². The van der Waals surface area contributed by atoms with Gasteiger partial charge in [0.2, 0.25) is 0 Å². The molecule has 0 aliphatic carbocycles. The first kappa shape index (κ1) is 14.9. The molecule has 1 aromatic heterocycles. The highest BCUT2D eigenvalue weighted by molar-refractivity contribution is 6.30. The van der Waals surface area contributed by atoms with E-state index in [-0.39, 0.29) is 12.5 Å². The van der Waals surface area contributed by atoms with Crippen molar-refractivity contribution >= 4 is 23.3 Å². The SMILES string of the molecule is CN1CCc2c(NC(=O)COc3ccc(Cl)cc3)n[nH]c2C1. The normalized spacial score (nSPS) is 14.5. The molecule has 1 aliphatic heterocycles. The Morgan fingerprint density at radius 3 is 3.00 bits per heavy atom. The van der Waals surface area contributed by atoms with E-state index in [1.165, 1.54) is 0 Å². The summed E-state index contributed by atoms with van der Waals surface area (Å²) in [6.45, 7) is 1.71. The van der Waals surface area contributed by atoms with Crippen molar-refractivity contribution in [3.8, 4) is 5.75 Å². The third kappa shape index (κ3) is 3.40. The zero-order chi connectivity index (χ0) is 15.5. The van der Waals surface area contributed by atoms with E-state index in [4.69, 9.17) is 16.3 Å². The maximum Gasteiger partial charge on any atom is 0.263 e. The van der Waals surface area contributed by atoms with Gasteiger partial charge in [-0.15, -0.1) is 0 Å². The number of nitrogens with zero attached hydrogens (tertiary/aromatic N) is 2. The first-order chi connectivity index (χ1) is 10.6. The number of hydrogen-bond acceptors (Lipinski definition) is 4. The van der Waals surface area contributed by atoms with Crippen molar-refractivity contribution in [2.75, 3.05) is 25.5 Å². The quantitative estimate of drug-likeness (QED) is 0.904. The second-order valence-electron chi connectivity index (χ2n) is 5.31. The zero-order valence-corrected chi connectivity index (χ0v) is 13.0. The van der Waals surface area contributed by atoms with E-state index in [1.807, 2.05) is 0 Å². The molecule has 2 heterocycles. The average molecular weight is 321 g/mol. The number of carbonyl (C=O) groups is 1. The van der Waals surface area contributed by atoms with Gasteiger partial charge in [-0.05, 0) is 37.7 Å². The fraction of sp³-hybridized carbons (Fsp3) is 0.333. The van der Waals surface area contributed by atoms with Gasteiger partial charge in [-0.25, -0.2) is 0 Å². The Morgan fingerprint density at radius 1 is 1.45 bits per heavy atom. The second-order valence-corrected chi connectivity index (χ2v) is 5.74. The number of nitrogens with one attached hydrogen (secondary N) is 2. The number of benzene rings is 1. The van der Waals surface area contributed by atoms with Gasteiger partial charge >= 0.3 is 0 Å². The van der Waals surface area contributed by atoms with Crippen LogP contribution in [0, 0.1) is 0 Å². The maximum atomic E-state index is 12.0. The third-order valence-corrected chi connectivity index (χ3v) is 3.82. The van der Waals surface area contributed by atoms with Gasteiger partial charge in [-0.1, -0.05) is 11.6 Å². The van der Waals surface area contributed by atoms with Crippen LogP contribution in [0.15, 0.2) is 24.3 Å². The molecule has 116 valence electrons. The highest BCUT2D eigenvalue weighted by Crippen LogP contribution is 2.22. The number of likely N-dealkylation sites (N-methyl/N-ethyl adjacent to an activating group) is 1. The summed E-state index contributed by atoms with van der Waals surface area (Å²) in [5.41, 5.74) is 2.14. The predicted molar refractivity (Wildman–Crippen MR) is 84.2 cm³/mol. The van der Waals surface area contributed by atoms with Crippen LogP contribution in [0.1, 0.15) is 11.3 Å². The number of carbonyl (C=O) groups excluding carboxylic acids is 1. The Kier molecular flexibility index (Phi) is 4.31. The van der Waals surface area contributed by atoms with Gasteiger partial charge in [-0.3, -0.25) is 9.89 Å². The number of aromatic amines is 1. The number of amides is 1. The zero-order valence-electron chi connectivity index (χ0n) is 12.2. The molecule has 3 rings (SSSR count). The van der Waals surface area contributed by atoms with Crippen molar-refractivity contribution in [1.29, 1.82) is 0 Å². The minimum atomic E-state index is -0.233. The van der Waals surface area contributed by atoms with Crippen molar-refractivity contribution in [1.82, 2.24) is 15.1 Å². The number of ether oxygens (including phenoxy) is 1. The van der Waals surface area contributed by atoms with E-state index in [1.54, 1.807) is 24.3 Å². The summed E-state index contributed by atoms with van der Waals surface area (Å²) in [5.74, 6) is 0.973. The van der Waals surface area contributed by atoms with Gasteiger partial charge in [0.15, 0.2) is 12.4 Å². The topological polar surface area (TPSA) is 70.2 Å². The summed E-state index contributed by atoms with van der Waals surface area (Å²) in [7, 11) is 2.06. The minimum Gasteiger partial charge on any atom is -0.484 e. The molecule has 7 heteroatoms. The lowest BCUT2D eigenvalue weighted by molar-refractivity contribution is -0.118. The van der Waals surface area contributed by atoms with E-state index in [9.17, 15) is 4.79 Å². The minimum absolute atomic E-state index is 0.0663. The number of hydrogen-bond donors (Lipinski definition) is 2. The van der Waals surface area contributed by atoms with Crippen molar-refractivity contribution in [3.63, 3.8) is 0 Å². The number of aromatic nitrogens is 2. The van der Waals surface area contributed by atoms with E-state index >= 15 is 0 Å². The van der Waals surface area contributed by atoms with Crippen molar-refractivity contribution in [3.05, 3.63) is 40.5 Å². The van der Waals surface area contributed by atoms with E-state index in [0.717, 1.165) is 30.8 Å². The average Bonchev–Trinajstić information content (AvgIpc) is 2.89. The molecule has 0 atom stereocenters. The van der Waals surface area contributed by atoms with Gasteiger partial charge in [0, 0.05) is 23.7 Å². The predicted octanol–water partition coefficient (Wildman–Crippen LogP) is 2.07. The fourth-order valence-corrected chi connectivity index (χ4v) is 2.53. The molecule has 1 amide bonds. The van der Waals surface area contributed by atoms with Crippen molar-refractivity contribution < 1.29 is 9.53 Å². The number of H-pyrrole nitrogens is 1. The number of anilines is 1. The van der Waals surface area contributed by atoms with Crippen LogP contribution in [0.3, 0.4) is 0 Å². The fourth-order valence-electron chi connectivity index (χ4n) is 2.40. The molecular formula is C15H17ClN4O2. The Balaban J connectivity index is 1.57. The van der Waals surface area contributed by atoms with Crippen LogP contribution in [0.5, 0.6) is 5.75 Å². The largest absolute Gasteiger partial charge is 0.484 e. The molecule has 2 aromatic rings. The summed E-state index contributed by atoms with van der Waals surface area (Å²) >= 11 is 5.80. The van der Waals surface area contributed by atoms with E-state index in [2.05, 4.69) is 27.5 Å². The Labute approximate surface area is 133 Å². The summed E-state index contributed by atoms with van der Waals surface area (Å²) in [6, 6.07) is 6.88. The molecule has 0 radical (unpaired) electrons. The summed E-state index contributed by atoms with van der Waals surface area (Å²) in [6.07, 6.45) is 0.871. The maximum absolute atomic E-state index is 12.0. The van der Waals surface area contributed by atoms with Gasteiger partial charge in [-0.2, -0.15) is 5.10 Å². The van der Waals surface area contributed by atoms with Crippen LogP contribution in [-0.2, 0) is 17.8 Å². The Hall–Kier alpha value is -2.05.